The SMILES string of the molecule is CC(C(=O)O)c1ccc(COc2cccc(C#N)c2)cc1. The fraction of sp³-hybridized carbons (Fsp3) is 0.176. The summed E-state index contributed by atoms with van der Waals surface area (Å²) in [6, 6.07) is 16.3. The average molecular weight is 281 g/mol. The van der Waals surface area contributed by atoms with E-state index < -0.39 is 11.9 Å². The van der Waals surface area contributed by atoms with Crippen LogP contribution in [0.2, 0.25) is 0 Å². The Bertz CT molecular complexity index is 671. The summed E-state index contributed by atoms with van der Waals surface area (Å²) >= 11 is 0. The van der Waals surface area contributed by atoms with Crippen molar-refractivity contribution < 1.29 is 14.6 Å². The smallest absolute Gasteiger partial charge is 0.310 e. The lowest BCUT2D eigenvalue weighted by molar-refractivity contribution is -0.138. The van der Waals surface area contributed by atoms with Gasteiger partial charge >= 0.3 is 5.97 Å². The summed E-state index contributed by atoms with van der Waals surface area (Å²) in [5.74, 6) is -0.725. The fourth-order valence-electron chi connectivity index (χ4n) is 1.87. The molecule has 0 aliphatic heterocycles. The molecule has 0 saturated heterocycles. The highest BCUT2D eigenvalue weighted by molar-refractivity contribution is 5.75. The predicted octanol–water partition coefficient (Wildman–Crippen LogP) is 3.33. The first-order valence-electron chi connectivity index (χ1n) is 6.55. The minimum Gasteiger partial charge on any atom is -0.489 e. The molecule has 4 heteroatoms. The van der Waals surface area contributed by atoms with E-state index >= 15 is 0 Å². The minimum atomic E-state index is -0.840. The van der Waals surface area contributed by atoms with Crippen molar-refractivity contribution in [3.63, 3.8) is 0 Å². The number of rotatable bonds is 5. The highest BCUT2D eigenvalue weighted by Gasteiger charge is 2.12. The zero-order valence-electron chi connectivity index (χ0n) is 11.6. The minimum absolute atomic E-state index is 0.372. The van der Waals surface area contributed by atoms with Crippen LogP contribution in [0.15, 0.2) is 48.5 Å². The quantitative estimate of drug-likeness (QED) is 0.912. The number of hydrogen-bond donors (Lipinski definition) is 1. The first-order valence-corrected chi connectivity index (χ1v) is 6.55. The molecule has 0 radical (unpaired) electrons. The maximum absolute atomic E-state index is 10.9. The number of benzene rings is 2. The lowest BCUT2D eigenvalue weighted by Gasteiger charge is -2.09. The zero-order chi connectivity index (χ0) is 15.2. The second-order valence-electron chi connectivity index (χ2n) is 4.73. The van der Waals surface area contributed by atoms with Gasteiger partial charge in [-0.3, -0.25) is 4.79 Å². The number of nitriles is 1. The summed E-state index contributed by atoms with van der Waals surface area (Å²) in [6.07, 6.45) is 0. The van der Waals surface area contributed by atoms with Crippen LogP contribution in [0, 0.1) is 11.3 Å². The van der Waals surface area contributed by atoms with Crippen LogP contribution in [-0.4, -0.2) is 11.1 Å². The Kier molecular flexibility index (Phi) is 4.57. The van der Waals surface area contributed by atoms with Gasteiger partial charge in [-0.1, -0.05) is 30.3 Å². The van der Waals surface area contributed by atoms with E-state index in [1.807, 2.05) is 12.1 Å². The van der Waals surface area contributed by atoms with Crippen LogP contribution in [0.1, 0.15) is 29.5 Å². The Morgan fingerprint density at radius 1 is 1.29 bits per heavy atom. The predicted molar refractivity (Wildman–Crippen MR) is 78.0 cm³/mol. The molecule has 106 valence electrons. The Labute approximate surface area is 123 Å². The van der Waals surface area contributed by atoms with Crippen molar-refractivity contribution in [3.8, 4) is 11.8 Å². The Hall–Kier alpha value is -2.80. The molecule has 0 heterocycles. The summed E-state index contributed by atoms with van der Waals surface area (Å²) in [7, 11) is 0. The van der Waals surface area contributed by atoms with E-state index in [4.69, 9.17) is 15.1 Å². The first kappa shape index (κ1) is 14.6. The van der Waals surface area contributed by atoms with Crippen molar-refractivity contribution in [3.05, 3.63) is 65.2 Å². The van der Waals surface area contributed by atoms with E-state index in [9.17, 15) is 4.79 Å². The van der Waals surface area contributed by atoms with Crippen LogP contribution in [0.4, 0.5) is 0 Å². The van der Waals surface area contributed by atoms with Gasteiger partial charge in [-0.25, -0.2) is 0 Å². The molecule has 0 spiro atoms. The lowest BCUT2D eigenvalue weighted by Crippen LogP contribution is -2.07. The van der Waals surface area contributed by atoms with Crippen LogP contribution in [0.25, 0.3) is 0 Å². The Balaban J connectivity index is 2.01. The van der Waals surface area contributed by atoms with Crippen molar-refractivity contribution >= 4 is 5.97 Å². The maximum Gasteiger partial charge on any atom is 0.310 e. The molecule has 2 rings (SSSR count). The Morgan fingerprint density at radius 3 is 2.62 bits per heavy atom. The fourth-order valence-corrected chi connectivity index (χ4v) is 1.87. The maximum atomic E-state index is 10.9. The van der Waals surface area contributed by atoms with Gasteiger partial charge in [0.1, 0.15) is 12.4 Å². The van der Waals surface area contributed by atoms with Gasteiger partial charge in [0.25, 0.3) is 0 Å². The van der Waals surface area contributed by atoms with Crippen molar-refractivity contribution in [1.82, 2.24) is 0 Å². The van der Waals surface area contributed by atoms with Crippen LogP contribution >= 0.6 is 0 Å². The average Bonchev–Trinajstić information content (AvgIpc) is 2.53. The molecule has 1 unspecified atom stereocenters. The molecule has 1 N–H and O–H groups in total. The third-order valence-electron chi connectivity index (χ3n) is 3.22. The summed E-state index contributed by atoms with van der Waals surface area (Å²) in [5, 5.41) is 17.8. The van der Waals surface area contributed by atoms with Gasteiger partial charge < -0.3 is 9.84 Å². The molecule has 2 aromatic carbocycles. The molecule has 0 bridgehead atoms. The first-order chi connectivity index (χ1) is 10.1. The van der Waals surface area contributed by atoms with Gasteiger partial charge in [0.2, 0.25) is 0 Å². The van der Waals surface area contributed by atoms with E-state index in [-0.39, 0.29) is 0 Å². The molecule has 0 saturated carbocycles. The molecule has 0 aliphatic rings. The number of carbonyl (C=O) groups is 1. The molecule has 0 fully saturated rings. The van der Waals surface area contributed by atoms with Gasteiger partial charge in [-0.05, 0) is 36.2 Å². The molecule has 4 nitrogen and oxygen atoms in total. The van der Waals surface area contributed by atoms with Crippen molar-refractivity contribution in [2.24, 2.45) is 0 Å². The molecule has 0 aliphatic carbocycles. The van der Waals surface area contributed by atoms with Gasteiger partial charge in [0, 0.05) is 0 Å². The summed E-state index contributed by atoms with van der Waals surface area (Å²) in [4.78, 5) is 10.9. The van der Waals surface area contributed by atoms with Crippen LogP contribution < -0.4 is 4.74 Å². The highest BCUT2D eigenvalue weighted by atomic mass is 16.5. The molecule has 1 atom stereocenters. The van der Waals surface area contributed by atoms with Gasteiger partial charge in [0.05, 0.1) is 17.6 Å². The molecule has 21 heavy (non-hydrogen) atoms. The number of carboxylic acids is 1. The third kappa shape index (κ3) is 3.83. The molecular weight excluding hydrogens is 266 g/mol. The van der Waals surface area contributed by atoms with E-state index in [0.717, 1.165) is 11.1 Å². The normalized spacial score (nSPS) is 11.4. The van der Waals surface area contributed by atoms with Crippen molar-refractivity contribution in [2.75, 3.05) is 0 Å². The molecule has 0 aromatic heterocycles. The largest absolute Gasteiger partial charge is 0.489 e. The standard InChI is InChI=1S/C17H15NO3/c1-12(17(19)20)15-7-5-13(6-8-15)11-21-16-4-2-3-14(9-16)10-18/h2-9,12H,11H2,1H3,(H,19,20). The Morgan fingerprint density at radius 2 is 2.00 bits per heavy atom. The number of hydrogen-bond acceptors (Lipinski definition) is 3. The molecule has 2 aromatic rings. The van der Waals surface area contributed by atoms with Crippen LogP contribution in [0.5, 0.6) is 5.75 Å². The molecular formula is C17H15NO3. The molecule has 0 amide bonds. The summed E-state index contributed by atoms with van der Waals surface area (Å²) in [5.41, 5.74) is 2.26. The van der Waals surface area contributed by atoms with Crippen molar-refractivity contribution in [2.45, 2.75) is 19.4 Å². The summed E-state index contributed by atoms with van der Waals surface area (Å²) in [6.45, 7) is 2.03. The van der Waals surface area contributed by atoms with Gasteiger partial charge in [-0.2, -0.15) is 5.26 Å². The van der Waals surface area contributed by atoms with Gasteiger partial charge in [-0.15, -0.1) is 0 Å². The second-order valence-corrected chi connectivity index (χ2v) is 4.73. The second kappa shape index (κ2) is 6.58. The number of nitrogens with zero attached hydrogens (tertiary/aromatic N) is 1. The third-order valence-corrected chi connectivity index (χ3v) is 3.22. The lowest BCUT2D eigenvalue weighted by atomic mass is 10.0. The monoisotopic (exact) mass is 281 g/mol. The number of ether oxygens (including phenoxy) is 1. The number of carboxylic acid groups (broad SMARTS) is 1. The zero-order valence-corrected chi connectivity index (χ0v) is 11.6. The van der Waals surface area contributed by atoms with E-state index in [1.165, 1.54) is 0 Å². The number of aliphatic carboxylic acids is 1. The summed E-state index contributed by atoms with van der Waals surface area (Å²) < 4.78 is 5.61. The van der Waals surface area contributed by atoms with E-state index in [1.54, 1.807) is 43.3 Å². The van der Waals surface area contributed by atoms with Crippen molar-refractivity contribution in [1.29, 1.82) is 5.26 Å². The topological polar surface area (TPSA) is 70.3 Å². The van der Waals surface area contributed by atoms with E-state index in [0.29, 0.717) is 17.9 Å². The highest BCUT2D eigenvalue weighted by Crippen LogP contribution is 2.18. The van der Waals surface area contributed by atoms with Gasteiger partial charge in [0.15, 0.2) is 0 Å². The van der Waals surface area contributed by atoms with Crippen LogP contribution in [-0.2, 0) is 11.4 Å². The van der Waals surface area contributed by atoms with E-state index in [2.05, 4.69) is 6.07 Å². The van der Waals surface area contributed by atoms with Crippen LogP contribution in [0.3, 0.4) is 0 Å².